The molecule has 1 saturated heterocycles. The highest BCUT2D eigenvalue weighted by Crippen LogP contribution is 2.47. The van der Waals surface area contributed by atoms with Crippen LogP contribution < -0.4 is 4.74 Å². The Balaban J connectivity index is 1.32. The van der Waals surface area contributed by atoms with Gasteiger partial charge in [-0.3, -0.25) is 9.88 Å². The number of hydrogen-bond donors (Lipinski definition) is 0. The fraction of sp³-hybridized carbons (Fsp3) is 0.462. The molecular weight excluding hydrogens is 430 g/mol. The number of aromatic nitrogens is 3. The van der Waals surface area contributed by atoms with Gasteiger partial charge in [0.05, 0.1) is 54.4 Å². The second-order valence-electron chi connectivity index (χ2n) is 9.85. The SMILES string of the molecule is CCOc1ccnc(CN2C[C@]3(CCC[C@](C)(Cn4cnc5ccc(C#N)cc54)C3)OC2=O)c1. The summed E-state index contributed by atoms with van der Waals surface area (Å²) < 4.78 is 13.8. The maximum Gasteiger partial charge on any atom is 0.410 e. The third-order valence-corrected chi connectivity index (χ3v) is 6.96. The lowest BCUT2D eigenvalue weighted by molar-refractivity contribution is -0.0270. The van der Waals surface area contributed by atoms with Crippen LogP contribution in [0.3, 0.4) is 0 Å². The van der Waals surface area contributed by atoms with E-state index in [-0.39, 0.29) is 11.5 Å². The molecule has 3 aromatic rings. The molecule has 2 fully saturated rings. The van der Waals surface area contributed by atoms with Gasteiger partial charge in [-0.25, -0.2) is 9.78 Å². The van der Waals surface area contributed by atoms with Crippen LogP contribution in [0.15, 0.2) is 42.9 Å². The van der Waals surface area contributed by atoms with Crippen LogP contribution in [0.4, 0.5) is 4.79 Å². The summed E-state index contributed by atoms with van der Waals surface area (Å²) in [7, 11) is 0. The van der Waals surface area contributed by atoms with Crippen LogP contribution in [0.25, 0.3) is 11.0 Å². The number of fused-ring (bicyclic) bond motifs is 1. The van der Waals surface area contributed by atoms with E-state index in [1.165, 1.54) is 0 Å². The van der Waals surface area contributed by atoms with E-state index in [2.05, 4.69) is 27.5 Å². The quantitative estimate of drug-likeness (QED) is 0.532. The summed E-state index contributed by atoms with van der Waals surface area (Å²) in [5.74, 6) is 0.757. The first-order valence-corrected chi connectivity index (χ1v) is 11.8. The van der Waals surface area contributed by atoms with Gasteiger partial charge >= 0.3 is 6.09 Å². The van der Waals surface area contributed by atoms with Gasteiger partial charge in [0.15, 0.2) is 0 Å². The number of amides is 1. The standard InChI is InChI=1S/C26H29N5O3/c1-3-33-21-7-10-28-20(12-21)14-30-17-26(34-24(30)32)9-4-8-25(2,15-26)16-31-18-29-22-6-5-19(13-27)11-23(22)31/h5-7,10-12,18H,3-4,8-9,14-17H2,1-2H3/t25-,26+/m0/s1. The zero-order chi connectivity index (χ0) is 23.8. The van der Waals surface area contributed by atoms with Crippen LogP contribution in [0.1, 0.15) is 50.8 Å². The van der Waals surface area contributed by atoms with Crippen LogP contribution in [-0.4, -0.2) is 44.3 Å². The zero-order valence-corrected chi connectivity index (χ0v) is 19.7. The first kappa shape index (κ1) is 22.2. The molecule has 1 aliphatic heterocycles. The summed E-state index contributed by atoms with van der Waals surface area (Å²) in [6.07, 6.45) is 6.96. The highest BCUT2D eigenvalue weighted by Gasteiger charge is 2.51. The van der Waals surface area contributed by atoms with Crippen molar-refractivity contribution in [2.24, 2.45) is 5.41 Å². The van der Waals surface area contributed by atoms with Crippen LogP contribution in [-0.2, 0) is 17.8 Å². The van der Waals surface area contributed by atoms with Crippen LogP contribution in [0.5, 0.6) is 5.75 Å². The smallest absolute Gasteiger partial charge is 0.410 e. The van der Waals surface area contributed by atoms with Crippen molar-refractivity contribution in [1.82, 2.24) is 19.4 Å². The molecule has 8 heteroatoms. The van der Waals surface area contributed by atoms with E-state index in [0.717, 1.165) is 54.7 Å². The molecule has 34 heavy (non-hydrogen) atoms. The zero-order valence-electron chi connectivity index (χ0n) is 19.7. The number of benzene rings is 1. The number of hydrogen-bond acceptors (Lipinski definition) is 6. The molecular formula is C26H29N5O3. The van der Waals surface area contributed by atoms with E-state index in [9.17, 15) is 10.1 Å². The van der Waals surface area contributed by atoms with Gasteiger partial charge in [-0.1, -0.05) is 6.92 Å². The molecule has 8 nitrogen and oxygen atoms in total. The van der Waals surface area contributed by atoms with Gasteiger partial charge in [0.2, 0.25) is 0 Å². The number of imidazole rings is 1. The van der Waals surface area contributed by atoms with Crippen molar-refractivity contribution in [2.45, 2.75) is 58.2 Å². The Morgan fingerprint density at radius 1 is 1.24 bits per heavy atom. The Morgan fingerprint density at radius 3 is 2.94 bits per heavy atom. The molecule has 1 amide bonds. The Labute approximate surface area is 199 Å². The van der Waals surface area contributed by atoms with Crippen molar-refractivity contribution < 1.29 is 14.3 Å². The number of rotatable bonds is 6. The Kier molecular flexibility index (Phi) is 5.64. The molecule has 2 atom stereocenters. The molecule has 5 rings (SSSR count). The third-order valence-electron chi connectivity index (χ3n) is 6.96. The van der Waals surface area contributed by atoms with Crippen molar-refractivity contribution in [3.8, 4) is 11.8 Å². The second kappa shape index (κ2) is 8.64. The van der Waals surface area contributed by atoms with Crippen LogP contribution in [0, 0.1) is 16.7 Å². The lowest BCUT2D eigenvalue weighted by Crippen LogP contribution is -2.44. The second-order valence-corrected chi connectivity index (χ2v) is 9.85. The fourth-order valence-corrected chi connectivity index (χ4v) is 5.62. The van der Waals surface area contributed by atoms with E-state index in [4.69, 9.17) is 9.47 Å². The first-order chi connectivity index (χ1) is 16.4. The monoisotopic (exact) mass is 459 g/mol. The van der Waals surface area contributed by atoms with E-state index in [1.54, 1.807) is 17.2 Å². The minimum Gasteiger partial charge on any atom is -0.494 e. The molecule has 0 unspecified atom stereocenters. The predicted octanol–water partition coefficient (Wildman–Crippen LogP) is 4.67. The van der Waals surface area contributed by atoms with E-state index >= 15 is 0 Å². The molecule has 0 radical (unpaired) electrons. The number of carbonyl (C=O) groups excluding carboxylic acids is 1. The molecule has 1 spiro atoms. The summed E-state index contributed by atoms with van der Waals surface area (Å²) >= 11 is 0. The lowest BCUT2D eigenvalue weighted by Gasteiger charge is -2.43. The average molecular weight is 460 g/mol. The Morgan fingerprint density at radius 2 is 2.12 bits per heavy atom. The van der Waals surface area contributed by atoms with Crippen molar-refractivity contribution in [1.29, 1.82) is 5.26 Å². The molecule has 1 aromatic carbocycles. The fourth-order valence-electron chi connectivity index (χ4n) is 5.62. The average Bonchev–Trinajstić information content (AvgIpc) is 3.33. The van der Waals surface area contributed by atoms with Gasteiger partial charge in [-0.05, 0) is 62.3 Å². The molecule has 1 saturated carbocycles. The number of ether oxygens (including phenoxy) is 2. The topological polar surface area (TPSA) is 93.3 Å². The summed E-state index contributed by atoms with van der Waals surface area (Å²) in [6, 6.07) is 11.5. The van der Waals surface area contributed by atoms with Gasteiger partial charge < -0.3 is 14.0 Å². The summed E-state index contributed by atoms with van der Waals surface area (Å²) in [4.78, 5) is 23.5. The van der Waals surface area contributed by atoms with Crippen molar-refractivity contribution >= 4 is 17.1 Å². The van der Waals surface area contributed by atoms with Gasteiger partial charge in [-0.2, -0.15) is 5.26 Å². The van der Waals surface area contributed by atoms with Crippen molar-refractivity contribution in [3.05, 3.63) is 54.1 Å². The van der Waals surface area contributed by atoms with E-state index in [1.807, 2.05) is 37.5 Å². The molecule has 0 N–H and O–H groups in total. The molecule has 3 heterocycles. The summed E-state index contributed by atoms with van der Waals surface area (Å²) in [6.45, 7) is 6.51. The highest BCUT2D eigenvalue weighted by molar-refractivity contribution is 5.77. The number of pyridine rings is 1. The predicted molar refractivity (Wildman–Crippen MR) is 126 cm³/mol. The summed E-state index contributed by atoms with van der Waals surface area (Å²) in [5.41, 5.74) is 2.71. The van der Waals surface area contributed by atoms with Gasteiger partial charge in [0.25, 0.3) is 0 Å². The molecule has 2 aromatic heterocycles. The third kappa shape index (κ3) is 4.30. The van der Waals surface area contributed by atoms with Gasteiger partial charge in [-0.15, -0.1) is 0 Å². The number of carbonyl (C=O) groups is 1. The number of nitrogens with zero attached hydrogens (tertiary/aromatic N) is 5. The molecule has 0 bridgehead atoms. The molecule has 176 valence electrons. The van der Waals surface area contributed by atoms with Crippen LogP contribution in [0.2, 0.25) is 0 Å². The summed E-state index contributed by atoms with van der Waals surface area (Å²) in [5, 5.41) is 9.29. The van der Waals surface area contributed by atoms with Gasteiger partial charge in [0.1, 0.15) is 11.4 Å². The van der Waals surface area contributed by atoms with E-state index < -0.39 is 5.60 Å². The first-order valence-electron chi connectivity index (χ1n) is 11.8. The van der Waals surface area contributed by atoms with Crippen molar-refractivity contribution in [2.75, 3.05) is 13.2 Å². The van der Waals surface area contributed by atoms with E-state index in [0.29, 0.717) is 25.3 Å². The maximum absolute atomic E-state index is 12.8. The Bertz CT molecular complexity index is 1260. The maximum atomic E-state index is 12.8. The normalized spacial score (nSPS) is 24.4. The van der Waals surface area contributed by atoms with Crippen molar-refractivity contribution in [3.63, 3.8) is 0 Å². The molecule has 1 aliphatic carbocycles. The van der Waals surface area contributed by atoms with Gasteiger partial charge in [0, 0.05) is 18.8 Å². The largest absolute Gasteiger partial charge is 0.494 e. The minimum atomic E-state index is -0.490. The Hall–Kier alpha value is -3.60. The molecule has 2 aliphatic rings. The van der Waals surface area contributed by atoms with Crippen LogP contribution >= 0.6 is 0 Å². The lowest BCUT2D eigenvalue weighted by atomic mass is 9.68. The minimum absolute atomic E-state index is 0.0576. The highest BCUT2D eigenvalue weighted by atomic mass is 16.6. The number of nitriles is 1.